The third kappa shape index (κ3) is 6.50. The molecule has 2 heterocycles. The number of aryl methyl sites for hydroxylation is 1. The molecule has 2 aromatic heterocycles. The van der Waals surface area contributed by atoms with Gasteiger partial charge in [0.1, 0.15) is 17.3 Å². The number of amides is 1. The van der Waals surface area contributed by atoms with Gasteiger partial charge in [0.25, 0.3) is 5.91 Å². The van der Waals surface area contributed by atoms with Crippen molar-refractivity contribution >= 4 is 11.7 Å². The molecule has 7 nitrogen and oxygen atoms in total. The van der Waals surface area contributed by atoms with Crippen LogP contribution < -0.4 is 11.1 Å². The van der Waals surface area contributed by atoms with Crippen molar-refractivity contribution in [3.8, 4) is 11.4 Å². The average Bonchev–Trinajstić information content (AvgIpc) is 2.79. The third-order valence-electron chi connectivity index (χ3n) is 4.39. The lowest BCUT2D eigenvalue weighted by Crippen LogP contribution is -2.31. The van der Waals surface area contributed by atoms with Gasteiger partial charge in [0.2, 0.25) is 0 Å². The summed E-state index contributed by atoms with van der Waals surface area (Å²) in [5.41, 5.74) is 10.6. The summed E-state index contributed by atoms with van der Waals surface area (Å²) >= 11 is 0. The molecule has 7 heteroatoms. The number of rotatable bonds is 9. The second-order valence-corrected chi connectivity index (χ2v) is 7.20. The van der Waals surface area contributed by atoms with Crippen molar-refractivity contribution in [1.29, 1.82) is 0 Å². The minimum absolute atomic E-state index is 0.0185. The van der Waals surface area contributed by atoms with Crippen LogP contribution in [-0.2, 0) is 16.1 Å². The molecule has 2 aromatic rings. The normalized spacial score (nSPS) is 11.2. The van der Waals surface area contributed by atoms with Gasteiger partial charge >= 0.3 is 0 Å². The van der Waals surface area contributed by atoms with Crippen LogP contribution in [0.2, 0.25) is 0 Å². The Labute approximate surface area is 189 Å². The maximum Gasteiger partial charge on any atom is 0.254 e. The number of amidine groups is 1. The van der Waals surface area contributed by atoms with E-state index >= 15 is 0 Å². The first-order chi connectivity index (χ1) is 15.2. The second-order valence-electron chi connectivity index (χ2n) is 7.20. The van der Waals surface area contributed by atoms with E-state index in [4.69, 9.17) is 10.5 Å². The first kappa shape index (κ1) is 24.3. The number of aromatic nitrogens is 2. The fraction of sp³-hybridized carbons (Fsp3) is 0.200. The zero-order valence-electron chi connectivity index (χ0n) is 19.0. The van der Waals surface area contributed by atoms with Crippen LogP contribution in [0.3, 0.4) is 0 Å². The van der Waals surface area contributed by atoms with Gasteiger partial charge in [-0.3, -0.25) is 9.78 Å². The zero-order valence-corrected chi connectivity index (χ0v) is 19.0. The average molecular weight is 432 g/mol. The molecule has 0 atom stereocenters. The number of pyridine rings is 2. The number of carbonyl (C=O) groups excluding carboxylic acids is 1. The summed E-state index contributed by atoms with van der Waals surface area (Å²) in [7, 11) is 0. The van der Waals surface area contributed by atoms with Crippen molar-refractivity contribution in [1.82, 2.24) is 15.3 Å². The van der Waals surface area contributed by atoms with Gasteiger partial charge in [0.05, 0.1) is 35.5 Å². The van der Waals surface area contributed by atoms with E-state index in [-0.39, 0.29) is 18.0 Å². The van der Waals surface area contributed by atoms with E-state index in [2.05, 4.69) is 33.4 Å². The second kappa shape index (κ2) is 11.4. The maximum atomic E-state index is 12.6. The molecule has 1 amide bonds. The number of allylic oxidation sites excluding steroid dienone is 2. The highest BCUT2D eigenvalue weighted by Gasteiger charge is 2.14. The van der Waals surface area contributed by atoms with Gasteiger partial charge in [-0.25, -0.2) is 9.98 Å². The van der Waals surface area contributed by atoms with Gasteiger partial charge in [-0.1, -0.05) is 31.4 Å². The molecule has 0 saturated carbocycles. The molecular weight excluding hydrogens is 402 g/mol. The minimum atomic E-state index is -0.443. The summed E-state index contributed by atoms with van der Waals surface area (Å²) in [5.74, 6) is -0.138. The lowest BCUT2D eigenvalue weighted by molar-refractivity contribution is -0.117. The van der Waals surface area contributed by atoms with Gasteiger partial charge < -0.3 is 15.8 Å². The Morgan fingerprint density at radius 1 is 1.25 bits per heavy atom. The summed E-state index contributed by atoms with van der Waals surface area (Å²) in [4.78, 5) is 25.9. The van der Waals surface area contributed by atoms with Crippen molar-refractivity contribution < 1.29 is 9.53 Å². The predicted molar refractivity (Wildman–Crippen MR) is 128 cm³/mol. The minimum Gasteiger partial charge on any atom is -0.464 e. The molecule has 0 bridgehead atoms. The van der Waals surface area contributed by atoms with Crippen LogP contribution in [0.15, 0.2) is 89.6 Å². The van der Waals surface area contributed by atoms with E-state index in [9.17, 15) is 4.79 Å². The van der Waals surface area contributed by atoms with Crippen LogP contribution in [-0.4, -0.2) is 21.7 Å². The Morgan fingerprint density at radius 3 is 2.62 bits per heavy atom. The lowest BCUT2D eigenvalue weighted by atomic mass is 10.1. The number of nitrogens with one attached hydrogen (secondary N) is 1. The van der Waals surface area contributed by atoms with E-state index in [1.807, 2.05) is 58.0 Å². The Bertz CT molecular complexity index is 1090. The molecule has 0 aliphatic heterocycles. The van der Waals surface area contributed by atoms with Crippen LogP contribution in [0.1, 0.15) is 32.0 Å². The van der Waals surface area contributed by atoms with Crippen molar-refractivity contribution in [3.63, 3.8) is 0 Å². The van der Waals surface area contributed by atoms with Crippen LogP contribution in [0.5, 0.6) is 0 Å². The molecule has 3 N–H and O–H groups in total. The SMILES string of the molecule is C=C(O/C=C\C)C(N=C(N)C(=C)C(=O)NCc1ccc(C)c(-c2ccccn2)n1)=C(C)C. The molecular formula is C25H29N5O2. The highest BCUT2D eigenvalue weighted by molar-refractivity contribution is 6.19. The summed E-state index contributed by atoms with van der Waals surface area (Å²) in [6.45, 7) is 15.3. The summed E-state index contributed by atoms with van der Waals surface area (Å²) in [6, 6.07) is 9.45. The van der Waals surface area contributed by atoms with Crippen molar-refractivity contribution in [2.75, 3.05) is 0 Å². The number of nitrogens with two attached hydrogens (primary N) is 1. The zero-order chi connectivity index (χ0) is 23.7. The molecule has 0 unspecified atom stereocenters. The Balaban J connectivity index is 2.11. The largest absolute Gasteiger partial charge is 0.464 e. The number of hydrogen-bond donors (Lipinski definition) is 2. The van der Waals surface area contributed by atoms with E-state index < -0.39 is 5.91 Å². The molecule has 2 rings (SSSR count). The predicted octanol–water partition coefficient (Wildman–Crippen LogP) is 4.34. The number of nitrogens with zero attached hydrogens (tertiary/aromatic N) is 3. The van der Waals surface area contributed by atoms with E-state index in [0.717, 1.165) is 22.5 Å². The van der Waals surface area contributed by atoms with E-state index in [1.54, 1.807) is 12.3 Å². The topological polar surface area (TPSA) is 102 Å². The molecule has 0 aromatic carbocycles. The van der Waals surface area contributed by atoms with Gasteiger partial charge in [0, 0.05) is 6.20 Å². The number of hydrogen-bond acceptors (Lipinski definition) is 5. The van der Waals surface area contributed by atoms with Crippen LogP contribution in [0.25, 0.3) is 11.4 Å². The van der Waals surface area contributed by atoms with E-state index in [1.165, 1.54) is 6.26 Å². The highest BCUT2D eigenvalue weighted by atomic mass is 16.5. The first-order valence-corrected chi connectivity index (χ1v) is 10.1. The van der Waals surface area contributed by atoms with Gasteiger partial charge in [-0.05, 0) is 57.0 Å². The molecule has 0 fully saturated rings. The quantitative estimate of drug-likeness (QED) is 0.202. The molecule has 0 aliphatic rings. The monoisotopic (exact) mass is 431 g/mol. The number of aliphatic imine (C=N–C) groups is 1. The molecule has 32 heavy (non-hydrogen) atoms. The van der Waals surface area contributed by atoms with E-state index in [0.29, 0.717) is 17.2 Å². The Hall–Kier alpha value is -4.00. The fourth-order valence-corrected chi connectivity index (χ4v) is 2.67. The van der Waals surface area contributed by atoms with Crippen LogP contribution in [0.4, 0.5) is 0 Å². The molecule has 0 radical (unpaired) electrons. The smallest absolute Gasteiger partial charge is 0.254 e. The van der Waals surface area contributed by atoms with Crippen LogP contribution in [0, 0.1) is 6.92 Å². The van der Waals surface area contributed by atoms with Gasteiger partial charge in [0.15, 0.2) is 0 Å². The fourth-order valence-electron chi connectivity index (χ4n) is 2.67. The standard InChI is InChI=1S/C25H29N5O2/c1-7-14-32-19(6)22(16(2)3)30-24(26)18(5)25(31)28-15-20-12-11-17(4)23(29-20)21-10-8-9-13-27-21/h7-14H,5-6,15H2,1-4H3,(H2,26,30)(H,28,31)/b14-7-. The number of ether oxygens (including phenoxy) is 1. The molecule has 0 aliphatic carbocycles. The van der Waals surface area contributed by atoms with Gasteiger partial charge in [-0.2, -0.15) is 0 Å². The summed E-state index contributed by atoms with van der Waals surface area (Å²) in [5, 5.41) is 2.78. The van der Waals surface area contributed by atoms with Crippen molar-refractivity contribution in [3.05, 3.63) is 95.9 Å². The van der Waals surface area contributed by atoms with Gasteiger partial charge in [-0.15, -0.1) is 0 Å². The first-order valence-electron chi connectivity index (χ1n) is 10.1. The molecule has 166 valence electrons. The summed E-state index contributed by atoms with van der Waals surface area (Å²) in [6.07, 6.45) is 4.94. The summed E-state index contributed by atoms with van der Waals surface area (Å²) < 4.78 is 5.38. The Kier molecular flexibility index (Phi) is 8.65. The maximum absolute atomic E-state index is 12.6. The molecule has 0 saturated heterocycles. The van der Waals surface area contributed by atoms with Crippen molar-refractivity contribution in [2.24, 2.45) is 10.7 Å². The number of carbonyl (C=O) groups is 1. The van der Waals surface area contributed by atoms with Crippen LogP contribution >= 0.6 is 0 Å². The third-order valence-corrected chi connectivity index (χ3v) is 4.39. The Morgan fingerprint density at radius 2 is 2.00 bits per heavy atom. The highest BCUT2D eigenvalue weighted by Crippen LogP contribution is 2.19. The van der Waals surface area contributed by atoms with Crippen molar-refractivity contribution in [2.45, 2.75) is 34.2 Å². The molecule has 0 spiro atoms. The lowest BCUT2D eigenvalue weighted by Gasteiger charge is -2.11.